The molecule has 0 unspecified atom stereocenters. The van der Waals surface area contributed by atoms with Crippen LogP contribution in [0.1, 0.15) is 117 Å². The summed E-state index contributed by atoms with van der Waals surface area (Å²) in [5, 5.41) is 18.5. The summed E-state index contributed by atoms with van der Waals surface area (Å²) in [6.07, 6.45) is 11.0. The minimum Gasteiger partial charge on any atom is -0.488 e. The van der Waals surface area contributed by atoms with E-state index in [1.165, 1.54) is 12.4 Å². The molecule has 0 spiro atoms. The first-order valence-corrected chi connectivity index (χ1v) is 20.9. The number of aldehydes is 2. The number of hydrogen-bond acceptors (Lipinski definition) is 10. The van der Waals surface area contributed by atoms with E-state index in [4.69, 9.17) is 18.9 Å². The summed E-state index contributed by atoms with van der Waals surface area (Å²) in [6.45, 7) is 13.2. The van der Waals surface area contributed by atoms with Crippen LogP contribution in [0, 0.1) is 36.5 Å². The average molecular weight is 829 g/mol. The highest BCUT2D eigenvalue weighted by molar-refractivity contribution is 5.81. The molecule has 0 aliphatic rings. The Hall–Kier alpha value is -7.30. The molecule has 0 fully saturated rings. The van der Waals surface area contributed by atoms with Crippen molar-refractivity contribution in [2.45, 2.75) is 93.7 Å². The smallest absolute Gasteiger partial charge is 0.153 e. The van der Waals surface area contributed by atoms with Gasteiger partial charge in [0.1, 0.15) is 61.6 Å². The van der Waals surface area contributed by atoms with Crippen LogP contribution in [0.4, 0.5) is 0 Å². The summed E-state index contributed by atoms with van der Waals surface area (Å²) in [5.74, 6) is 2.08. The van der Waals surface area contributed by atoms with Crippen molar-refractivity contribution in [3.63, 3.8) is 0 Å². The van der Waals surface area contributed by atoms with E-state index >= 15 is 0 Å². The molecule has 2 heterocycles. The number of nitrogens with zero attached hydrogens (tertiary/aromatic N) is 4. The van der Waals surface area contributed by atoms with Crippen LogP contribution < -0.4 is 18.9 Å². The summed E-state index contributed by atoms with van der Waals surface area (Å²) in [4.78, 5) is 32.5. The Morgan fingerprint density at radius 3 is 1.31 bits per heavy atom. The summed E-state index contributed by atoms with van der Waals surface area (Å²) >= 11 is 0. The predicted molar refractivity (Wildman–Crippen MR) is 240 cm³/mol. The highest BCUT2D eigenvalue weighted by atomic mass is 16.5. The number of carbonyl (C=O) groups is 2. The van der Waals surface area contributed by atoms with Crippen molar-refractivity contribution in [1.82, 2.24) is 9.97 Å². The number of rotatable bonds is 19. The van der Waals surface area contributed by atoms with Gasteiger partial charge in [0.2, 0.25) is 0 Å². The van der Waals surface area contributed by atoms with Crippen molar-refractivity contribution in [1.29, 1.82) is 10.5 Å². The van der Waals surface area contributed by atoms with E-state index in [1.54, 1.807) is 36.7 Å². The van der Waals surface area contributed by atoms with Gasteiger partial charge in [-0.15, -0.1) is 0 Å². The Bertz CT molecular complexity index is 2410. The molecule has 6 rings (SSSR count). The van der Waals surface area contributed by atoms with E-state index in [0.717, 1.165) is 82.8 Å². The largest absolute Gasteiger partial charge is 0.488 e. The highest BCUT2D eigenvalue weighted by Crippen LogP contribution is 2.35. The van der Waals surface area contributed by atoms with E-state index in [2.05, 4.69) is 74.1 Å². The van der Waals surface area contributed by atoms with Crippen molar-refractivity contribution in [2.24, 2.45) is 0 Å². The van der Waals surface area contributed by atoms with Gasteiger partial charge in [-0.25, -0.2) is 0 Å². The Kier molecular flexibility index (Phi) is 16.9. The standard InChI is InChI=1S/C50H46N4O6.C2H6/c1-5-9-39-17-43(27-55)49(57-29-37-15-35(21-51)23-53-25-37)19-47(39)59-31-41-11-7-13-45(33(41)3)46-14-8-12-42(34(46)4)32-60-48-20-50(44(28-56)18-40(48)10-6-2)58-30-38-16-36(22-52)24-54-26-38;1-2/h7-8,11-20,23-28H,5-6,9-10,29-32H2,1-4H3;1-2H3. The van der Waals surface area contributed by atoms with Gasteiger partial charge >= 0.3 is 0 Å². The number of benzene rings is 4. The molecule has 0 saturated heterocycles. The minimum absolute atomic E-state index is 0.140. The zero-order valence-corrected chi connectivity index (χ0v) is 36.3. The Labute approximate surface area is 364 Å². The third-order valence-electron chi connectivity index (χ3n) is 10.3. The lowest BCUT2D eigenvalue weighted by Crippen LogP contribution is -2.06. The van der Waals surface area contributed by atoms with Crippen LogP contribution in [0.5, 0.6) is 23.0 Å². The maximum atomic E-state index is 12.1. The maximum absolute atomic E-state index is 12.1. The lowest BCUT2D eigenvalue weighted by molar-refractivity contribution is 0.111. The zero-order chi connectivity index (χ0) is 44.4. The van der Waals surface area contributed by atoms with Crippen molar-refractivity contribution in [2.75, 3.05) is 0 Å². The van der Waals surface area contributed by atoms with Crippen LogP contribution in [-0.2, 0) is 39.3 Å². The van der Waals surface area contributed by atoms with Gasteiger partial charge in [-0.1, -0.05) is 76.9 Å². The average Bonchev–Trinajstić information content (AvgIpc) is 3.31. The van der Waals surface area contributed by atoms with Gasteiger partial charge in [-0.2, -0.15) is 10.5 Å². The second-order valence-electron chi connectivity index (χ2n) is 14.5. The summed E-state index contributed by atoms with van der Waals surface area (Å²) in [6, 6.07) is 27.2. The predicted octanol–water partition coefficient (Wildman–Crippen LogP) is 11.4. The molecule has 0 aliphatic heterocycles. The molecule has 0 radical (unpaired) electrons. The molecule has 0 aliphatic carbocycles. The molecule has 4 aromatic carbocycles. The zero-order valence-electron chi connectivity index (χ0n) is 36.3. The maximum Gasteiger partial charge on any atom is 0.153 e. The molecule has 10 heteroatoms. The third kappa shape index (κ3) is 11.5. The number of carbonyl (C=O) groups excluding carboxylic acids is 2. The topological polar surface area (TPSA) is 144 Å². The number of ether oxygens (including phenoxy) is 4. The number of aryl methyl sites for hydroxylation is 2. The fraction of sp³-hybridized carbons (Fsp3) is 0.269. The molecular weight excluding hydrogens is 777 g/mol. The molecule has 0 saturated carbocycles. The molecule has 0 atom stereocenters. The van der Waals surface area contributed by atoms with E-state index in [9.17, 15) is 20.1 Å². The lowest BCUT2D eigenvalue weighted by Gasteiger charge is -2.19. The second kappa shape index (κ2) is 22.9. The normalized spacial score (nSPS) is 10.4. The monoisotopic (exact) mass is 828 g/mol. The number of hydrogen-bond donors (Lipinski definition) is 0. The summed E-state index contributed by atoms with van der Waals surface area (Å²) < 4.78 is 25.2. The van der Waals surface area contributed by atoms with Crippen LogP contribution >= 0.6 is 0 Å². The Morgan fingerprint density at radius 1 is 0.532 bits per heavy atom. The van der Waals surface area contributed by atoms with Crippen LogP contribution in [0.3, 0.4) is 0 Å². The van der Waals surface area contributed by atoms with Crippen molar-refractivity contribution in [3.8, 4) is 46.3 Å². The molecule has 6 aromatic rings. The molecule has 2 aromatic heterocycles. The van der Waals surface area contributed by atoms with Gasteiger partial charge < -0.3 is 18.9 Å². The van der Waals surface area contributed by atoms with E-state index in [-0.39, 0.29) is 13.2 Å². The van der Waals surface area contributed by atoms with Gasteiger partial charge in [-0.05, 0) is 95.5 Å². The van der Waals surface area contributed by atoms with Crippen molar-refractivity contribution < 1.29 is 28.5 Å². The molecule has 10 nitrogen and oxygen atoms in total. The SMILES string of the molecule is CC.CCCc1cc(C=O)c(OCc2cncc(C#N)c2)cc1OCc1cccc(-c2cccc(COc3cc(OCc4cncc(C#N)c4)c(C=O)cc3CCC)c2C)c1C. The minimum atomic E-state index is 0.140. The lowest BCUT2D eigenvalue weighted by atomic mass is 9.91. The van der Waals surface area contributed by atoms with Crippen LogP contribution in [0.2, 0.25) is 0 Å². The molecule has 62 heavy (non-hydrogen) atoms. The second-order valence-corrected chi connectivity index (χ2v) is 14.5. The van der Waals surface area contributed by atoms with Gasteiger partial charge in [0.15, 0.2) is 12.6 Å². The number of pyridine rings is 2. The van der Waals surface area contributed by atoms with E-state index in [1.807, 2.05) is 38.1 Å². The fourth-order valence-electron chi connectivity index (χ4n) is 7.03. The molecule has 0 N–H and O–H groups in total. The summed E-state index contributed by atoms with van der Waals surface area (Å²) in [5.41, 5.74) is 11.3. The third-order valence-corrected chi connectivity index (χ3v) is 10.3. The molecule has 0 amide bonds. The molecule has 316 valence electrons. The van der Waals surface area contributed by atoms with Crippen molar-refractivity contribution >= 4 is 12.6 Å². The van der Waals surface area contributed by atoms with Gasteiger partial charge in [0.05, 0.1) is 22.3 Å². The number of aromatic nitrogens is 2. The van der Waals surface area contributed by atoms with E-state index in [0.29, 0.717) is 69.6 Å². The van der Waals surface area contributed by atoms with Crippen molar-refractivity contribution in [3.05, 3.63) is 164 Å². The first kappa shape index (κ1) is 45.8. The first-order valence-electron chi connectivity index (χ1n) is 20.9. The molecule has 0 bridgehead atoms. The quantitative estimate of drug-likeness (QED) is 0.0723. The van der Waals surface area contributed by atoms with Gasteiger partial charge in [0.25, 0.3) is 0 Å². The summed E-state index contributed by atoms with van der Waals surface area (Å²) in [7, 11) is 0. The molecular formula is C52H52N4O6. The Morgan fingerprint density at radius 2 is 0.935 bits per heavy atom. The fourth-order valence-corrected chi connectivity index (χ4v) is 7.03. The van der Waals surface area contributed by atoms with E-state index < -0.39 is 0 Å². The van der Waals surface area contributed by atoms with Crippen LogP contribution in [-0.4, -0.2) is 22.5 Å². The highest BCUT2D eigenvalue weighted by Gasteiger charge is 2.17. The Balaban J connectivity index is 0.00000358. The van der Waals surface area contributed by atoms with Crippen LogP contribution in [0.25, 0.3) is 11.1 Å². The van der Waals surface area contributed by atoms with Gasteiger partial charge in [-0.3, -0.25) is 19.6 Å². The number of nitriles is 2. The van der Waals surface area contributed by atoms with Crippen LogP contribution in [0.15, 0.2) is 97.6 Å². The van der Waals surface area contributed by atoms with Gasteiger partial charge in [0, 0.05) is 48.0 Å². The first-order chi connectivity index (χ1) is 30.3.